The minimum atomic E-state index is -1.07. The Morgan fingerprint density at radius 2 is 1.71 bits per heavy atom. The van der Waals surface area contributed by atoms with Crippen LogP contribution in [0.5, 0.6) is 0 Å². The zero-order valence-corrected chi connectivity index (χ0v) is 18.5. The van der Waals surface area contributed by atoms with Crippen LogP contribution in [0.15, 0.2) is 78.9 Å². The van der Waals surface area contributed by atoms with Crippen LogP contribution in [0.4, 0.5) is 10.2 Å². The van der Waals surface area contributed by atoms with Crippen molar-refractivity contribution in [3.63, 3.8) is 0 Å². The quantitative estimate of drug-likeness (QED) is 0.429. The average molecular weight is 454 g/mol. The average Bonchev–Trinajstić information content (AvgIpc) is 2.87. The molecule has 34 heavy (non-hydrogen) atoms. The van der Waals surface area contributed by atoms with E-state index >= 15 is 0 Å². The molecule has 0 aliphatic heterocycles. The molecule has 0 radical (unpaired) electrons. The molecule has 0 spiro atoms. The molecule has 6 heteroatoms. The van der Waals surface area contributed by atoms with E-state index in [1.807, 2.05) is 48.5 Å². The van der Waals surface area contributed by atoms with E-state index < -0.39 is 6.10 Å². The molecule has 1 amide bonds. The minimum Gasteiger partial charge on any atom is -0.382 e. The molecule has 1 aliphatic carbocycles. The van der Waals surface area contributed by atoms with Crippen LogP contribution < -0.4 is 5.32 Å². The minimum absolute atomic E-state index is 0.196. The lowest BCUT2D eigenvalue weighted by molar-refractivity contribution is -0.116. The molecule has 1 atom stereocenters. The Morgan fingerprint density at radius 1 is 0.971 bits per heavy atom. The molecule has 4 aromatic rings. The number of carbonyl (C=O) groups excluding carboxylic acids is 1. The standard InChI is InChI=1S/C28H24FN3O2/c29-21-13-14-22-20(17-21)12-15-23-25(22)32-26(27(34)19-9-5-2-6-10-19)28(30-23)31-24(33)16-11-18-7-3-1-4-8-18/h1-10,13-14,17,27,34H,11-12,15-16H2,(H,30,31,33). The third kappa shape index (κ3) is 4.58. The molecule has 3 aromatic carbocycles. The fourth-order valence-electron chi connectivity index (χ4n) is 4.30. The van der Waals surface area contributed by atoms with Gasteiger partial charge < -0.3 is 10.4 Å². The summed E-state index contributed by atoms with van der Waals surface area (Å²) < 4.78 is 13.8. The van der Waals surface area contributed by atoms with Gasteiger partial charge in [-0.05, 0) is 54.2 Å². The van der Waals surface area contributed by atoms with Gasteiger partial charge in [-0.1, -0.05) is 60.7 Å². The number of rotatable bonds is 6. The van der Waals surface area contributed by atoms with Crippen molar-refractivity contribution in [2.45, 2.75) is 31.8 Å². The van der Waals surface area contributed by atoms with E-state index in [-0.39, 0.29) is 29.7 Å². The summed E-state index contributed by atoms with van der Waals surface area (Å²) in [4.78, 5) is 22.3. The van der Waals surface area contributed by atoms with Crippen LogP contribution in [0.25, 0.3) is 11.3 Å². The monoisotopic (exact) mass is 453 g/mol. The summed E-state index contributed by atoms with van der Waals surface area (Å²) in [7, 11) is 0. The third-order valence-corrected chi connectivity index (χ3v) is 6.06. The molecule has 0 bridgehead atoms. The van der Waals surface area contributed by atoms with Gasteiger partial charge in [-0.2, -0.15) is 0 Å². The number of halogens is 1. The summed E-state index contributed by atoms with van der Waals surface area (Å²) in [6.07, 6.45) is 1.02. The number of aromatic nitrogens is 2. The summed E-state index contributed by atoms with van der Waals surface area (Å²) in [5.41, 5.74) is 5.00. The van der Waals surface area contributed by atoms with Crippen LogP contribution in [-0.2, 0) is 24.1 Å². The zero-order valence-electron chi connectivity index (χ0n) is 18.5. The second-order valence-corrected chi connectivity index (χ2v) is 8.40. The molecule has 1 heterocycles. The van der Waals surface area contributed by atoms with Crippen molar-refractivity contribution in [3.05, 3.63) is 113 Å². The maximum Gasteiger partial charge on any atom is 0.225 e. The van der Waals surface area contributed by atoms with Crippen LogP contribution in [0, 0.1) is 5.82 Å². The highest BCUT2D eigenvalue weighted by atomic mass is 19.1. The van der Waals surface area contributed by atoms with Gasteiger partial charge in [0.25, 0.3) is 0 Å². The number of nitrogens with one attached hydrogen (secondary N) is 1. The molecule has 0 saturated carbocycles. The van der Waals surface area contributed by atoms with Crippen molar-refractivity contribution in [2.24, 2.45) is 0 Å². The van der Waals surface area contributed by atoms with Crippen LogP contribution in [0.3, 0.4) is 0 Å². The van der Waals surface area contributed by atoms with Crippen LogP contribution in [0.1, 0.15) is 40.6 Å². The van der Waals surface area contributed by atoms with E-state index in [1.165, 1.54) is 12.1 Å². The predicted octanol–water partition coefficient (Wildman–Crippen LogP) is 5.03. The van der Waals surface area contributed by atoms with Crippen molar-refractivity contribution in [1.29, 1.82) is 0 Å². The van der Waals surface area contributed by atoms with Gasteiger partial charge in [0.2, 0.25) is 5.91 Å². The number of hydrogen-bond acceptors (Lipinski definition) is 4. The van der Waals surface area contributed by atoms with E-state index in [1.54, 1.807) is 18.2 Å². The zero-order chi connectivity index (χ0) is 23.5. The Balaban J connectivity index is 1.50. The van der Waals surface area contributed by atoms with Gasteiger partial charge in [0, 0.05) is 12.0 Å². The molecule has 1 aromatic heterocycles. The first-order valence-corrected chi connectivity index (χ1v) is 11.3. The lowest BCUT2D eigenvalue weighted by Crippen LogP contribution is -2.20. The van der Waals surface area contributed by atoms with Gasteiger partial charge in [0.1, 0.15) is 17.6 Å². The second-order valence-electron chi connectivity index (χ2n) is 8.40. The van der Waals surface area contributed by atoms with E-state index in [0.29, 0.717) is 30.5 Å². The van der Waals surface area contributed by atoms with Gasteiger partial charge in [-0.3, -0.25) is 4.79 Å². The normalized spacial score (nSPS) is 13.0. The molecule has 1 aliphatic rings. The van der Waals surface area contributed by atoms with E-state index in [9.17, 15) is 14.3 Å². The molecule has 170 valence electrons. The van der Waals surface area contributed by atoms with E-state index in [2.05, 4.69) is 5.32 Å². The third-order valence-electron chi connectivity index (χ3n) is 6.06. The highest BCUT2D eigenvalue weighted by molar-refractivity contribution is 5.90. The smallest absolute Gasteiger partial charge is 0.225 e. The first-order chi connectivity index (χ1) is 16.6. The van der Waals surface area contributed by atoms with Gasteiger partial charge in [-0.15, -0.1) is 0 Å². The van der Waals surface area contributed by atoms with Crippen molar-refractivity contribution >= 4 is 11.7 Å². The maximum absolute atomic E-state index is 13.8. The number of benzene rings is 3. The summed E-state index contributed by atoms with van der Waals surface area (Å²) in [5, 5.41) is 14.1. The van der Waals surface area contributed by atoms with Crippen molar-refractivity contribution in [2.75, 3.05) is 5.32 Å². The van der Waals surface area contributed by atoms with Crippen LogP contribution in [-0.4, -0.2) is 21.0 Å². The number of nitrogens with zero attached hydrogens (tertiary/aromatic N) is 2. The van der Waals surface area contributed by atoms with Crippen LogP contribution in [0.2, 0.25) is 0 Å². The predicted molar refractivity (Wildman–Crippen MR) is 129 cm³/mol. The molecule has 1 unspecified atom stereocenters. The fraction of sp³-hybridized carbons (Fsp3) is 0.179. The summed E-state index contributed by atoms with van der Waals surface area (Å²) in [5.74, 6) is -0.223. The summed E-state index contributed by atoms with van der Waals surface area (Å²) in [6.45, 7) is 0. The Bertz CT molecular complexity index is 1330. The number of fused-ring (bicyclic) bond motifs is 3. The number of anilines is 1. The molecular formula is C28H24FN3O2. The summed E-state index contributed by atoms with van der Waals surface area (Å²) >= 11 is 0. The maximum atomic E-state index is 13.8. The fourth-order valence-corrected chi connectivity index (χ4v) is 4.30. The van der Waals surface area contributed by atoms with Crippen molar-refractivity contribution < 1.29 is 14.3 Å². The highest BCUT2D eigenvalue weighted by Crippen LogP contribution is 2.35. The second kappa shape index (κ2) is 9.53. The molecular weight excluding hydrogens is 429 g/mol. The van der Waals surface area contributed by atoms with E-state index in [4.69, 9.17) is 9.97 Å². The highest BCUT2D eigenvalue weighted by Gasteiger charge is 2.26. The largest absolute Gasteiger partial charge is 0.382 e. The Hall–Kier alpha value is -3.90. The lowest BCUT2D eigenvalue weighted by Gasteiger charge is -2.22. The van der Waals surface area contributed by atoms with Gasteiger partial charge in [0.15, 0.2) is 5.82 Å². The number of aryl methyl sites for hydroxylation is 3. The van der Waals surface area contributed by atoms with Crippen molar-refractivity contribution in [3.8, 4) is 11.3 Å². The SMILES string of the molecule is O=C(CCc1ccccc1)Nc1nc2c(nc1C(O)c1ccccc1)-c1ccc(F)cc1CC2. The molecule has 5 rings (SSSR count). The first-order valence-electron chi connectivity index (χ1n) is 11.3. The van der Waals surface area contributed by atoms with Crippen molar-refractivity contribution in [1.82, 2.24) is 9.97 Å². The number of amides is 1. The number of aliphatic hydroxyl groups is 1. The molecule has 5 nitrogen and oxygen atoms in total. The Labute approximate surface area is 197 Å². The van der Waals surface area contributed by atoms with Gasteiger partial charge in [-0.25, -0.2) is 14.4 Å². The van der Waals surface area contributed by atoms with E-state index in [0.717, 1.165) is 22.4 Å². The number of hydrogen-bond donors (Lipinski definition) is 2. The van der Waals surface area contributed by atoms with Crippen LogP contribution >= 0.6 is 0 Å². The topological polar surface area (TPSA) is 75.1 Å². The number of aliphatic hydroxyl groups excluding tert-OH is 1. The summed E-state index contributed by atoms with van der Waals surface area (Å²) in [6, 6.07) is 23.6. The lowest BCUT2D eigenvalue weighted by atomic mass is 9.91. The number of carbonyl (C=O) groups is 1. The molecule has 0 fully saturated rings. The molecule has 2 N–H and O–H groups in total. The molecule has 0 saturated heterocycles. The van der Waals surface area contributed by atoms with Gasteiger partial charge in [0.05, 0.1) is 11.4 Å². The van der Waals surface area contributed by atoms with Gasteiger partial charge >= 0.3 is 0 Å². The first kappa shape index (κ1) is 21.9. The Kier molecular flexibility index (Phi) is 6.14. The Morgan fingerprint density at radius 3 is 2.47 bits per heavy atom.